The van der Waals surface area contributed by atoms with Gasteiger partial charge in [0, 0.05) is 0 Å². The molecule has 0 atom stereocenters. The molecule has 1 aromatic carbocycles. The minimum atomic E-state index is 0.188. The lowest BCUT2D eigenvalue weighted by molar-refractivity contribution is 0.587. The highest BCUT2D eigenvalue weighted by molar-refractivity contribution is 7.96. The first-order chi connectivity index (χ1) is 6.43. The maximum Gasteiger partial charge on any atom is 0.122 e. The number of para-hydroxylation sites is 1. The Balaban J connectivity index is 3.02. The van der Waals surface area contributed by atoms with Crippen LogP contribution in [0.1, 0.15) is 20.8 Å². The van der Waals surface area contributed by atoms with Gasteiger partial charge in [-0.15, -0.1) is 0 Å². The highest BCUT2D eigenvalue weighted by Crippen LogP contribution is 2.26. The fraction of sp³-hybridized carbons (Fsp3) is 0.500. The van der Waals surface area contributed by atoms with Crippen molar-refractivity contribution in [2.24, 2.45) is 0 Å². The Labute approximate surface area is 90.6 Å². The maximum atomic E-state index is 2.47. The van der Waals surface area contributed by atoms with Gasteiger partial charge in [0.15, 0.2) is 0 Å². The molecule has 1 nitrogen and oxygen atoms in total. The summed E-state index contributed by atoms with van der Waals surface area (Å²) in [5.41, 5.74) is 1.50. The van der Waals surface area contributed by atoms with Gasteiger partial charge in [-0.1, -0.05) is 18.2 Å². The molecule has 0 amide bonds. The molecule has 1 rings (SSSR count). The summed E-state index contributed by atoms with van der Waals surface area (Å²) in [6.45, 7) is 6.77. The van der Waals surface area contributed by atoms with Crippen LogP contribution in [0.2, 0.25) is 0 Å². The highest BCUT2D eigenvalue weighted by Gasteiger charge is 2.31. The molecule has 0 aliphatic heterocycles. The Hall–Kier alpha value is -0.630. The number of benzene rings is 1. The number of nitrogens with zero attached hydrogens (tertiary/aromatic N) is 1. The second kappa shape index (κ2) is 4.26. The van der Waals surface area contributed by atoms with Crippen molar-refractivity contribution >= 4 is 16.8 Å². The Kier molecular flexibility index (Phi) is 3.48. The summed E-state index contributed by atoms with van der Waals surface area (Å²) in [5, 5.41) is 0. The van der Waals surface area contributed by atoms with E-state index in [-0.39, 0.29) is 16.6 Å². The Morgan fingerprint density at radius 2 is 1.50 bits per heavy atom. The van der Waals surface area contributed by atoms with Crippen LogP contribution in [0.15, 0.2) is 30.3 Å². The van der Waals surface area contributed by atoms with Gasteiger partial charge in [0.2, 0.25) is 0 Å². The maximum absolute atomic E-state index is 2.47. The second-order valence-corrected chi connectivity index (χ2v) is 6.49. The van der Waals surface area contributed by atoms with Crippen LogP contribution in [0.3, 0.4) is 0 Å². The third-order valence-corrected chi connectivity index (χ3v) is 3.45. The number of anilines is 1. The lowest BCUT2D eigenvalue weighted by atomic mass is 10.1. The van der Waals surface area contributed by atoms with Crippen molar-refractivity contribution in [3.8, 4) is 0 Å². The number of rotatable bonds is 2. The van der Waals surface area contributed by atoms with Gasteiger partial charge in [-0.05, 0) is 32.9 Å². The van der Waals surface area contributed by atoms with E-state index in [9.17, 15) is 0 Å². The quantitative estimate of drug-likeness (QED) is 0.678. The van der Waals surface area contributed by atoms with Crippen molar-refractivity contribution in [1.82, 2.24) is 0 Å². The normalized spacial score (nSPS) is 11.9. The molecular formula is C12H20NS+. The SMILES string of the molecule is C[S+](C)N(c1ccccc1)C(C)(C)C. The van der Waals surface area contributed by atoms with Gasteiger partial charge in [0.25, 0.3) is 0 Å². The summed E-state index contributed by atoms with van der Waals surface area (Å²) in [7, 11) is 0. The molecule has 14 heavy (non-hydrogen) atoms. The summed E-state index contributed by atoms with van der Waals surface area (Å²) in [5.74, 6) is 0. The molecule has 0 heterocycles. The zero-order valence-electron chi connectivity index (χ0n) is 9.74. The first-order valence-electron chi connectivity index (χ1n) is 4.86. The summed E-state index contributed by atoms with van der Waals surface area (Å²) in [6.07, 6.45) is 4.52. The van der Waals surface area contributed by atoms with Gasteiger partial charge in [-0.3, -0.25) is 0 Å². The molecule has 0 fully saturated rings. The standard InChI is InChI=1S/C12H20NS/c1-12(2,3)13(14(4)5)11-9-7-6-8-10-11/h6-10H,1-5H3/q+1. The largest absolute Gasteiger partial charge is 0.190 e. The summed E-state index contributed by atoms with van der Waals surface area (Å²) < 4.78 is 2.47. The van der Waals surface area contributed by atoms with Crippen molar-refractivity contribution in [3.05, 3.63) is 30.3 Å². The lowest BCUT2D eigenvalue weighted by Gasteiger charge is -2.32. The Morgan fingerprint density at radius 1 is 1.00 bits per heavy atom. The molecule has 0 aliphatic rings. The van der Waals surface area contributed by atoms with Crippen LogP contribution in [0.25, 0.3) is 0 Å². The summed E-state index contributed by atoms with van der Waals surface area (Å²) in [6, 6.07) is 10.6. The molecule has 78 valence electrons. The second-order valence-electron chi connectivity index (χ2n) is 4.57. The number of hydrogen-bond acceptors (Lipinski definition) is 1. The van der Waals surface area contributed by atoms with Crippen molar-refractivity contribution < 1.29 is 0 Å². The molecular weight excluding hydrogens is 190 g/mol. The molecule has 0 unspecified atom stereocenters. The van der Waals surface area contributed by atoms with Crippen molar-refractivity contribution in [1.29, 1.82) is 0 Å². The fourth-order valence-corrected chi connectivity index (χ4v) is 3.35. The minimum Gasteiger partial charge on any atom is -0.190 e. The molecule has 0 bridgehead atoms. The van der Waals surface area contributed by atoms with Crippen LogP contribution < -0.4 is 4.31 Å². The summed E-state index contributed by atoms with van der Waals surface area (Å²) in [4.78, 5) is 0. The van der Waals surface area contributed by atoms with Crippen LogP contribution in [0.4, 0.5) is 5.69 Å². The zero-order chi connectivity index (χ0) is 10.8. The number of hydrogen-bond donors (Lipinski definition) is 0. The van der Waals surface area contributed by atoms with E-state index >= 15 is 0 Å². The van der Waals surface area contributed by atoms with E-state index in [4.69, 9.17) is 0 Å². The predicted molar refractivity (Wildman–Crippen MR) is 67.9 cm³/mol. The molecule has 0 saturated heterocycles. The molecule has 1 aromatic rings. The van der Waals surface area contributed by atoms with Gasteiger partial charge in [0.05, 0.1) is 22.3 Å². The van der Waals surface area contributed by atoms with Crippen LogP contribution in [-0.4, -0.2) is 18.1 Å². The average molecular weight is 210 g/mol. The summed E-state index contributed by atoms with van der Waals surface area (Å²) >= 11 is 0.260. The monoisotopic (exact) mass is 210 g/mol. The Morgan fingerprint density at radius 3 is 1.86 bits per heavy atom. The van der Waals surface area contributed by atoms with Gasteiger partial charge >= 0.3 is 0 Å². The minimum absolute atomic E-state index is 0.188. The Bertz CT molecular complexity index is 274. The molecule has 0 aromatic heterocycles. The third-order valence-electron chi connectivity index (χ3n) is 1.97. The average Bonchev–Trinajstić information content (AvgIpc) is 2.02. The van der Waals surface area contributed by atoms with E-state index in [1.807, 2.05) is 0 Å². The first-order valence-corrected chi connectivity index (χ1v) is 6.86. The van der Waals surface area contributed by atoms with Crippen LogP contribution in [0, 0.1) is 0 Å². The van der Waals surface area contributed by atoms with Crippen molar-refractivity contribution in [2.45, 2.75) is 26.3 Å². The van der Waals surface area contributed by atoms with E-state index in [0.29, 0.717) is 0 Å². The predicted octanol–water partition coefficient (Wildman–Crippen LogP) is 3.08. The fourth-order valence-electron chi connectivity index (χ4n) is 1.71. The molecule has 0 aliphatic carbocycles. The van der Waals surface area contributed by atoms with Crippen LogP contribution >= 0.6 is 0 Å². The van der Waals surface area contributed by atoms with Crippen LogP contribution in [-0.2, 0) is 11.1 Å². The van der Waals surface area contributed by atoms with Gasteiger partial charge in [-0.2, -0.15) is 4.31 Å². The zero-order valence-corrected chi connectivity index (χ0v) is 10.6. The van der Waals surface area contributed by atoms with Crippen LogP contribution in [0.5, 0.6) is 0 Å². The molecule has 0 N–H and O–H groups in total. The van der Waals surface area contributed by atoms with Gasteiger partial charge < -0.3 is 0 Å². The van der Waals surface area contributed by atoms with E-state index in [1.165, 1.54) is 5.69 Å². The lowest BCUT2D eigenvalue weighted by Crippen LogP contribution is -2.44. The molecule has 0 saturated carbocycles. The topological polar surface area (TPSA) is 3.24 Å². The van der Waals surface area contributed by atoms with Gasteiger partial charge in [-0.25, -0.2) is 0 Å². The van der Waals surface area contributed by atoms with E-state index < -0.39 is 0 Å². The molecule has 0 spiro atoms. The van der Waals surface area contributed by atoms with E-state index in [0.717, 1.165) is 0 Å². The first kappa shape index (κ1) is 11.4. The third kappa shape index (κ3) is 2.68. The molecule has 2 heteroatoms. The smallest absolute Gasteiger partial charge is 0.122 e. The molecule has 0 radical (unpaired) electrons. The van der Waals surface area contributed by atoms with Crippen molar-refractivity contribution in [2.75, 3.05) is 16.8 Å². The van der Waals surface area contributed by atoms with E-state index in [2.05, 4.69) is 67.9 Å². The van der Waals surface area contributed by atoms with Crippen molar-refractivity contribution in [3.63, 3.8) is 0 Å². The van der Waals surface area contributed by atoms with Gasteiger partial charge in [0.1, 0.15) is 12.5 Å². The highest BCUT2D eigenvalue weighted by atomic mass is 32.2. The van der Waals surface area contributed by atoms with E-state index in [1.54, 1.807) is 0 Å².